The van der Waals surface area contributed by atoms with Gasteiger partial charge in [-0.05, 0) is 32.9 Å². The van der Waals surface area contributed by atoms with Crippen LogP contribution in [0.5, 0.6) is 0 Å². The summed E-state index contributed by atoms with van der Waals surface area (Å²) in [6.45, 7) is 6.81. The number of ether oxygens (including phenoxy) is 3. The van der Waals surface area contributed by atoms with Gasteiger partial charge in [-0.2, -0.15) is 0 Å². The summed E-state index contributed by atoms with van der Waals surface area (Å²) in [5, 5.41) is 0. The normalized spacial score (nSPS) is 12.7. The summed E-state index contributed by atoms with van der Waals surface area (Å²) >= 11 is 0. The second-order valence-electron chi connectivity index (χ2n) is 4.13. The Labute approximate surface area is 107 Å². The van der Waals surface area contributed by atoms with Crippen LogP contribution in [0.3, 0.4) is 0 Å². The molecule has 0 amide bonds. The first-order valence-electron chi connectivity index (χ1n) is 5.95. The van der Waals surface area contributed by atoms with Crippen molar-refractivity contribution in [3.8, 4) is 0 Å². The second kappa shape index (κ2) is 7.18. The SMILES string of the molecule is COC(=O)c1ccc(C(C)OCCOC(C)C)o1. The summed E-state index contributed by atoms with van der Waals surface area (Å²) in [7, 11) is 1.31. The molecule has 5 nitrogen and oxygen atoms in total. The van der Waals surface area contributed by atoms with Gasteiger partial charge in [0.15, 0.2) is 0 Å². The molecule has 0 N–H and O–H groups in total. The Bertz CT molecular complexity index is 369. The summed E-state index contributed by atoms with van der Waals surface area (Å²) in [6.07, 6.45) is -0.0300. The van der Waals surface area contributed by atoms with Gasteiger partial charge < -0.3 is 18.6 Å². The van der Waals surface area contributed by atoms with E-state index in [1.165, 1.54) is 7.11 Å². The van der Waals surface area contributed by atoms with Crippen molar-refractivity contribution in [3.05, 3.63) is 23.7 Å². The zero-order valence-corrected chi connectivity index (χ0v) is 11.3. The maximum Gasteiger partial charge on any atom is 0.373 e. The molecule has 1 unspecified atom stereocenters. The van der Waals surface area contributed by atoms with E-state index in [0.29, 0.717) is 19.0 Å². The monoisotopic (exact) mass is 256 g/mol. The molecule has 102 valence electrons. The molecule has 1 rings (SSSR count). The van der Waals surface area contributed by atoms with Crippen molar-refractivity contribution in [3.63, 3.8) is 0 Å². The quantitative estimate of drug-likeness (QED) is 0.554. The number of furan rings is 1. The fraction of sp³-hybridized carbons (Fsp3) is 0.615. The molecule has 1 atom stereocenters. The lowest BCUT2D eigenvalue weighted by molar-refractivity contribution is -0.0140. The van der Waals surface area contributed by atoms with Gasteiger partial charge in [0.05, 0.1) is 26.4 Å². The molecule has 0 aliphatic carbocycles. The molecule has 0 aromatic carbocycles. The third kappa shape index (κ3) is 4.50. The van der Waals surface area contributed by atoms with E-state index in [2.05, 4.69) is 4.74 Å². The zero-order chi connectivity index (χ0) is 13.5. The summed E-state index contributed by atoms with van der Waals surface area (Å²) in [5.74, 6) is 0.290. The fourth-order valence-corrected chi connectivity index (χ4v) is 1.37. The minimum Gasteiger partial charge on any atom is -0.463 e. The number of carbonyl (C=O) groups excluding carboxylic acids is 1. The molecule has 0 bridgehead atoms. The number of esters is 1. The Kier molecular flexibility index (Phi) is 5.88. The van der Waals surface area contributed by atoms with E-state index in [1.54, 1.807) is 12.1 Å². The highest BCUT2D eigenvalue weighted by Crippen LogP contribution is 2.19. The maximum atomic E-state index is 11.2. The third-order valence-corrected chi connectivity index (χ3v) is 2.32. The van der Waals surface area contributed by atoms with Gasteiger partial charge >= 0.3 is 5.97 Å². The Morgan fingerprint density at radius 1 is 1.22 bits per heavy atom. The smallest absolute Gasteiger partial charge is 0.373 e. The molecule has 1 aromatic rings. The molecule has 1 heterocycles. The molecule has 5 heteroatoms. The minimum atomic E-state index is -0.489. The van der Waals surface area contributed by atoms with Crippen LogP contribution < -0.4 is 0 Å². The van der Waals surface area contributed by atoms with E-state index >= 15 is 0 Å². The zero-order valence-electron chi connectivity index (χ0n) is 11.3. The number of hydrogen-bond acceptors (Lipinski definition) is 5. The number of hydrogen-bond donors (Lipinski definition) is 0. The summed E-state index contributed by atoms with van der Waals surface area (Å²) in [4.78, 5) is 11.2. The van der Waals surface area contributed by atoms with Gasteiger partial charge in [0, 0.05) is 0 Å². The molecular formula is C13H20O5. The molecule has 0 spiro atoms. The van der Waals surface area contributed by atoms with Crippen molar-refractivity contribution in [1.82, 2.24) is 0 Å². The standard InChI is InChI=1S/C13H20O5/c1-9(2)16-7-8-17-10(3)11-5-6-12(18-11)13(14)15-4/h5-6,9-10H,7-8H2,1-4H3. The predicted molar refractivity (Wildman–Crippen MR) is 65.5 cm³/mol. The highest BCUT2D eigenvalue weighted by molar-refractivity contribution is 5.86. The van der Waals surface area contributed by atoms with E-state index < -0.39 is 5.97 Å². The first kappa shape index (κ1) is 14.7. The lowest BCUT2D eigenvalue weighted by Crippen LogP contribution is -2.11. The van der Waals surface area contributed by atoms with Gasteiger partial charge in [0.25, 0.3) is 0 Å². The van der Waals surface area contributed by atoms with Crippen molar-refractivity contribution >= 4 is 5.97 Å². The minimum absolute atomic E-state index is 0.182. The van der Waals surface area contributed by atoms with Crippen LogP contribution in [0.25, 0.3) is 0 Å². The van der Waals surface area contributed by atoms with Gasteiger partial charge in [-0.15, -0.1) is 0 Å². The van der Waals surface area contributed by atoms with Crippen molar-refractivity contribution < 1.29 is 23.4 Å². The van der Waals surface area contributed by atoms with Crippen molar-refractivity contribution in [1.29, 1.82) is 0 Å². The largest absolute Gasteiger partial charge is 0.463 e. The predicted octanol–water partition coefficient (Wildman–Crippen LogP) is 2.57. The average Bonchev–Trinajstić information content (AvgIpc) is 2.82. The molecule has 0 aliphatic rings. The van der Waals surface area contributed by atoms with Gasteiger partial charge in [0.2, 0.25) is 5.76 Å². The van der Waals surface area contributed by atoms with Crippen LogP contribution in [0.4, 0.5) is 0 Å². The molecule has 0 aliphatic heterocycles. The molecule has 18 heavy (non-hydrogen) atoms. The Hall–Kier alpha value is -1.33. The molecule has 0 radical (unpaired) electrons. The summed E-state index contributed by atoms with van der Waals surface area (Å²) < 4.78 is 20.8. The molecular weight excluding hydrogens is 236 g/mol. The van der Waals surface area contributed by atoms with Crippen LogP contribution in [0.2, 0.25) is 0 Å². The number of rotatable bonds is 7. The maximum absolute atomic E-state index is 11.2. The van der Waals surface area contributed by atoms with Gasteiger partial charge in [-0.3, -0.25) is 0 Å². The van der Waals surface area contributed by atoms with Crippen LogP contribution >= 0.6 is 0 Å². The van der Waals surface area contributed by atoms with Crippen molar-refractivity contribution in [2.75, 3.05) is 20.3 Å². The Morgan fingerprint density at radius 2 is 1.89 bits per heavy atom. The van der Waals surface area contributed by atoms with Gasteiger partial charge in [-0.25, -0.2) is 4.79 Å². The third-order valence-electron chi connectivity index (χ3n) is 2.32. The van der Waals surface area contributed by atoms with Crippen molar-refractivity contribution in [2.24, 2.45) is 0 Å². The van der Waals surface area contributed by atoms with E-state index in [-0.39, 0.29) is 18.0 Å². The first-order chi connectivity index (χ1) is 8.54. The van der Waals surface area contributed by atoms with Crippen molar-refractivity contribution in [2.45, 2.75) is 33.0 Å². The Morgan fingerprint density at radius 3 is 2.50 bits per heavy atom. The summed E-state index contributed by atoms with van der Waals surface area (Å²) in [6, 6.07) is 3.28. The Balaban J connectivity index is 2.39. The summed E-state index contributed by atoms with van der Waals surface area (Å²) in [5.41, 5.74) is 0. The molecule has 0 fully saturated rings. The molecule has 1 aromatic heterocycles. The highest BCUT2D eigenvalue weighted by Gasteiger charge is 2.15. The van der Waals surface area contributed by atoms with Crippen LogP contribution in [-0.2, 0) is 14.2 Å². The fourth-order valence-electron chi connectivity index (χ4n) is 1.37. The lowest BCUT2D eigenvalue weighted by atomic mass is 10.3. The van der Waals surface area contributed by atoms with Gasteiger partial charge in [-0.1, -0.05) is 0 Å². The molecule has 0 saturated carbocycles. The van der Waals surface area contributed by atoms with E-state index in [1.807, 2.05) is 20.8 Å². The van der Waals surface area contributed by atoms with Crippen LogP contribution in [0, 0.1) is 0 Å². The van der Waals surface area contributed by atoms with Crippen LogP contribution in [0.15, 0.2) is 16.5 Å². The molecule has 0 saturated heterocycles. The topological polar surface area (TPSA) is 57.9 Å². The van der Waals surface area contributed by atoms with E-state index in [0.717, 1.165) is 0 Å². The van der Waals surface area contributed by atoms with Crippen LogP contribution in [0.1, 0.15) is 43.2 Å². The number of carbonyl (C=O) groups is 1. The highest BCUT2D eigenvalue weighted by atomic mass is 16.5. The second-order valence-corrected chi connectivity index (χ2v) is 4.13. The van der Waals surface area contributed by atoms with Crippen LogP contribution in [-0.4, -0.2) is 32.4 Å². The van der Waals surface area contributed by atoms with E-state index in [4.69, 9.17) is 13.9 Å². The lowest BCUT2D eigenvalue weighted by Gasteiger charge is -2.12. The number of methoxy groups -OCH3 is 1. The van der Waals surface area contributed by atoms with E-state index in [9.17, 15) is 4.79 Å². The van der Waals surface area contributed by atoms with Gasteiger partial charge in [0.1, 0.15) is 11.9 Å². The first-order valence-corrected chi connectivity index (χ1v) is 5.95. The average molecular weight is 256 g/mol.